The number of aliphatic imine (C=N–C) groups is 1. The molecular formula is C104H95F15N14O9. The molecule has 20 rings (SSSR count). The van der Waals surface area contributed by atoms with E-state index in [1.165, 1.54) is 114 Å². The van der Waals surface area contributed by atoms with Crippen LogP contribution in [0.4, 0.5) is 94.3 Å². The van der Waals surface area contributed by atoms with Crippen molar-refractivity contribution >= 4 is 69.3 Å². The summed E-state index contributed by atoms with van der Waals surface area (Å²) in [6.45, 7) is -0.108. The lowest BCUT2D eigenvalue weighted by Crippen LogP contribution is -2.50. The van der Waals surface area contributed by atoms with Crippen LogP contribution in [-0.2, 0) is 114 Å². The molecule has 142 heavy (non-hydrogen) atoms. The predicted octanol–water partition coefficient (Wildman–Crippen LogP) is 19.8. The van der Waals surface area contributed by atoms with E-state index >= 15 is 0 Å². The number of carbonyl (C=O) groups excluding carboxylic acids is 5. The normalized spacial score (nSPS) is 17.9. The van der Waals surface area contributed by atoms with Crippen molar-refractivity contribution < 1.29 is 110 Å². The summed E-state index contributed by atoms with van der Waals surface area (Å²) >= 11 is 0. The smallest absolute Gasteiger partial charge is 0.373 e. The van der Waals surface area contributed by atoms with Gasteiger partial charge in [0, 0.05) is 142 Å². The maximum absolute atomic E-state index is 14.7. The van der Waals surface area contributed by atoms with Crippen molar-refractivity contribution in [3.05, 3.63) is 358 Å². The van der Waals surface area contributed by atoms with E-state index < -0.39 is 131 Å². The largest absolute Gasteiger partial charge is 0.430 e. The number of nitrogens with zero attached hydrogens (tertiary/aromatic N) is 14. The van der Waals surface area contributed by atoms with Gasteiger partial charge in [0.05, 0.1) is 93.2 Å². The van der Waals surface area contributed by atoms with Gasteiger partial charge < -0.3 is 44.9 Å². The molecule has 0 bridgehead atoms. The molecule has 0 saturated carbocycles. The van der Waals surface area contributed by atoms with Gasteiger partial charge in [0.1, 0.15) is 35.8 Å². The number of aryl methyl sites for hydroxylation is 4. The number of rotatable bonds is 16. The van der Waals surface area contributed by atoms with Gasteiger partial charge in [-0.1, -0.05) is 187 Å². The van der Waals surface area contributed by atoms with Gasteiger partial charge >= 0.3 is 18.5 Å². The maximum atomic E-state index is 14.7. The molecule has 0 saturated heterocycles. The number of hydrogen-bond acceptors (Lipinski definition) is 14. The molecule has 14 aromatic rings. The molecule has 6 aliphatic heterocycles. The Morgan fingerprint density at radius 2 is 0.592 bits per heavy atom. The molecule has 4 atom stereocenters. The fourth-order valence-electron chi connectivity index (χ4n) is 17.1. The third-order valence-electron chi connectivity index (χ3n) is 24.4. The van der Waals surface area contributed by atoms with Gasteiger partial charge in [-0.25, -0.2) is 26.3 Å². The number of aromatic nitrogens is 8. The van der Waals surface area contributed by atoms with Gasteiger partial charge in [0.25, 0.3) is 40.4 Å². The molecule has 0 spiro atoms. The Morgan fingerprint density at radius 1 is 0.331 bits per heavy atom. The number of hydrogen-bond donors (Lipinski definition) is 4. The first-order valence-corrected chi connectivity index (χ1v) is 42.3. The number of alkyl halides is 10. The molecule has 6 aliphatic rings. The number of anilines is 5. The average Bonchev–Trinajstić information content (AvgIpc) is 1.57. The molecular weight excluding hydrogens is 1870 g/mol. The standard InChI is InChI=1S/C21H16F4N2O2.2C20H15F4N3O2.C20H17F2N3O2.C19H16FN3O.4CH4/c1-12-15(8-9-26-12)13-6-7-14(17(22)10-13)11-27-18-5-3-2-4-16(18)20(29,19(27)28)21(23,24)25;2*1-26-10-14(9-25-26)12-6-7-13(16(21)8-12)11-27-17-5-3-2-4-15(17)19(29,18(27)28)20(22,23)24;1-24-10-15(9-23-24)13-6-7-14(17(22)8-13)11-25-18-5-3-2-4-16(18)20(27,12-21)19(25)26;1-22-11-16(10-21-22)13-6-7-15(17(20)8-13)12-23-18-5-3-2-4-14(18)9-19(23)24;;;;/h2-8,10,29H,9,11H2,1H3;2*2-10,29H,11H2,1H3;2-10,27H,11-12H2,1H3;2-8,10-11H,9,12H2,1H3;4*1H4. The molecule has 0 radical (unpaired) electrons. The second kappa shape index (κ2) is 40.8. The minimum Gasteiger partial charge on any atom is -0.373 e. The van der Waals surface area contributed by atoms with Gasteiger partial charge in [0.2, 0.25) is 5.91 Å². The summed E-state index contributed by atoms with van der Waals surface area (Å²) in [6, 6.07) is 52.0. The van der Waals surface area contributed by atoms with Crippen molar-refractivity contribution in [2.24, 2.45) is 33.2 Å². The van der Waals surface area contributed by atoms with Crippen LogP contribution in [-0.4, -0.2) is 127 Å². The number of amides is 5. The summed E-state index contributed by atoms with van der Waals surface area (Å²) in [5, 5.41) is 57.4. The van der Waals surface area contributed by atoms with Gasteiger partial charge in [0.15, 0.2) is 5.60 Å². The lowest BCUT2D eigenvalue weighted by Gasteiger charge is -2.25. The van der Waals surface area contributed by atoms with Crippen molar-refractivity contribution in [3.63, 3.8) is 0 Å². The molecule has 10 aromatic carbocycles. The summed E-state index contributed by atoms with van der Waals surface area (Å²) in [5.41, 5.74) is -4.18. The second-order valence-corrected chi connectivity index (χ2v) is 33.2. The topological polar surface area (TPSA) is 266 Å². The first kappa shape index (κ1) is 105. The Labute approximate surface area is 805 Å². The maximum Gasteiger partial charge on any atom is 0.430 e. The fraction of sp³-hybridized carbons (Fsp3) is 0.231. The van der Waals surface area contributed by atoms with Crippen molar-refractivity contribution in [2.45, 2.75) is 117 Å². The summed E-state index contributed by atoms with van der Waals surface area (Å²) in [7, 11) is 7.03. The Bertz CT molecular complexity index is 7040. The zero-order valence-corrected chi connectivity index (χ0v) is 73.3. The van der Waals surface area contributed by atoms with E-state index in [2.05, 4.69) is 25.4 Å². The Morgan fingerprint density at radius 3 is 0.866 bits per heavy atom. The van der Waals surface area contributed by atoms with Crippen LogP contribution in [0, 0.1) is 29.1 Å². The Hall–Kier alpha value is -15.4. The van der Waals surface area contributed by atoms with E-state index in [1.54, 1.807) is 143 Å². The van der Waals surface area contributed by atoms with Crippen LogP contribution in [0.15, 0.2) is 273 Å². The van der Waals surface area contributed by atoms with Crippen LogP contribution < -0.4 is 24.5 Å². The van der Waals surface area contributed by atoms with Crippen molar-refractivity contribution in [3.8, 4) is 44.5 Å². The van der Waals surface area contributed by atoms with Crippen LogP contribution in [0.1, 0.15) is 97.8 Å². The lowest BCUT2D eigenvalue weighted by atomic mass is 9.95. The van der Waals surface area contributed by atoms with E-state index in [-0.39, 0.29) is 99.4 Å². The summed E-state index contributed by atoms with van der Waals surface area (Å²) < 4.78 is 215. The predicted molar refractivity (Wildman–Crippen MR) is 505 cm³/mol. The van der Waals surface area contributed by atoms with Gasteiger partial charge in [-0.15, -0.1) is 0 Å². The van der Waals surface area contributed by atoms with Crippen molar-refractivity contribution in [1.29, 1.82) is 0 Å². The number of aliphatic hydroxyl groups is 4. The lowest BCUT2D eigenvalue weighted by molar-refractivity contribution is -0.253. The highest BCUT2D eigenvalue weighted by Crippen LogP contribution is 2.54. The van der Waals surface area contributed by atoms with Crippen LogP contribution >= 0.6 is 0 Å². The molecule has 4 aromatic heterocycles. The zero-order valence-electron chi connectivity index (χ0n) is 73.3. The second-order valence-electron chi connectivity index (χ2n) is 33.2. The molecule has 0 aliphatic carbocycles. The zero-order chi connectivity index (χ0) is 98.8. The quantitative estimate of drug-likeness (QED) is 0.0657. The first-order valence-electron chi connectivity index (χ1n) is 42.3. The van der Waals surface area contributed by atoms with Gasteiger partial charge in [-0.05, 0) is 101 Å². The molecule has 23 nitrogen and oxygen atoms in total. The SMILES string of the molecule is C.C.C.C.CC1=NCC=C1c1ccc(CN2C(=O)C(O)(C(F)(F)F)c3ccccc32)c(F)c1.Cn1cc(-c2ccc(CN3C(=O)C(O)(C(F)(F)F)c4ccccc43)c(F)c2)cn1.Cn1cc(-c2ccc(CN3C(=O)C(O)(C(F)(F)F)c4ccccc43)c(F)c2)cn1.Cn1cc(-c2ccc(CN3C(=O)C(O)(CF)c4ccccc43)c(F)c2)cn1.Cn1cc(-c2ccc(CN3C(=O)Cc4ccccc43)c(F)c2)cn1. The highest BCUT2D eigenvalue weighted by molar-refractivity contribution is 6.24. The van der Waals surface area contributed by atoms with Gasteiger partial charge in [-0.3, -0.25) is 47.7 Å². The summed E-state index contributed by atoms with van der Waals surface area (Å²) in [6.07, 6.45) is 0.0551. The molecule has 4 unspecified atom stereocenters. The molecule has 4 N–H and O–H groups in total. The van der Waals surface area contributed by atoms with Crippen LogP contribution in [0.25, 0.3) is 50.1 Å². The number of benzene rings is 10. The van der Waals surface area contributed by atoms with Crippen LogP contribution in [0.5, 0.6) is 0 Å². The number of para-hydroxylation sites is 5. The number of allylic oxidation sites excluding steroid dienone is 1. The first-order chi connectivity index (χ1) is 65.4. The van der Waals surface area contributed by atoms with Gasteiger partial charge in [-0.2, -0.15) is 59.9 Å². The Balaban J connectivity index is 0.000000158. The summed E-state index contributed by atoms with van der Waals surface area (Å²) in [4.78, 5) is 71.9. The summed E-state index contributed by atoms with van der Waals surface area (Å²) in [5.74, 6) is -8.26. The number of carbonyl (C=O) groups is 5. The monoisotopic (exact) mass is 1970 g/mol. The van der Waals surface area contributed by atoms with Crippen molar-refractivity contribution in [1.82, 2.24) is 39.1 Å². The average molecular weight is 1970 g/mol. The fourth-order valence-corrected chi connectivity index (χ4v) is 17.1. The third kappa shape index (κ3) is 19.5. The molecule has 10 heterocycles. The van der Waals surface area contributed by atoms with E-state index in [0.717, 1.165) is 72.1 Å². The van der Waals surface area contributed by atoms with Crippen LogP contribution in [0.3, 0.4) is 0 Å². The molecule has 0 fully saturated rings. The van der Waals surface area contributed by atoms with E-state index in [0.29, 0.717) is 57.6 Å². The van der Waals surface area contributed by atoms with E-state index in [4.69, 9.17) is 0 Å². The van der Waals surface area contributed by atoms with Crippen molar-refractivity contribution in [2.75, 3.05) is 37.7 Å². The minimum absolute atomic E-state index is 0. The van der Waals surface area contributed by atoms with Crippen LogP contribution in [0.2, 0.25) is 0 Å². The minimum atomic E-state index is -5.21. The van der Waals surface area contributed by atoms with E-state index in [9.17, 15) is 110 Å². The molecule has 5 amide bonds. The third-order valence-corrected chi connectivity index (χ3v) is 24.4. The highest BCUT2D eigenvalue weighted by atomic mass is 19.4. The highest BCUT2D eigenvalue weighted by Gasteiger charge is 2.69. The number of halogens is 15. The van der Waals surface area contributed by atoms with E-state index in [1.807, 2.05) is 56.6 Å². The number of fused-ring (bicyclic) bond motifs is 5. The Kier molecular flexibility index (Phi) is 30.3. The molecule has 740 valence electrons. The molecule has 38 heteroatoms.